The summed E-state index contributed by atoms with van der Waals surface area (Å²) in [5.74, 6) is 0.892. The van der Waals surface area contributed by atoms with Crippen molar-refractivity contribution in [2.24, 2.45) is 5.92 Å². The Morgan fingerprint density at radius 3 is 2.79 bits per heavy atom. The number of piperidine rings is 1. The van der Waals surface area contributed by atoms with Crippen molar-refractivity contribution in [2.75, 3.05) is 19.6 Å². The van der Waals surface area contributed by atoms with E-state index in [0.717, 1.165) is 12.5 Å². The van der Waals surface area contributed by atoms with E-state index >= 15 is 0 Å². The van der Waals surface area contributed by atoms with Gasteiger partial charge in [0.25, 0.3) is 0 Å². The molecule has 3 rings (SSSR count). The van der Waals surface area contributed by atoms with Crippen LogP contribution in [0, 0.1) is 5.92 Å². The molecule has 19 heavy (non-hydrogen) atoms. The lowest BCUT2D eigenvalue weighted by molar-refractivity contribution is -0.904. The van der Waals surface area contributed by atoms with Gasteiger partial charge < -0.3 is 21.9 Å². The molecule has 0 bridgehead atoms. The standard InChI is InChI=1S/C17H23N.BrH/c1-2-12-18-13-11-17(10-6-9-16(17)14-18)15-7-4-3-5-8-15;/h2-5,7-8,16H,1,6,9-14H2;1H. The summed E-state index contributed by atoms with van der Waals surface area (Å²) in [5, 5.41) is 0. The highest BCUT2D eigenvalue weighted by Gasteiger charge is 2.48. The maximum Gasteiger partial charge on any atom is 0.0955 e. The molecule has 3 unspecified atom stereocenters. The van der Waals surface area contributed by atoms with E-state index in [1.165, 1.54) is 38.8 Å². The number of rotatable bonds is 3. The zero-order chi connectivity index (χ0) is 12.4. The molecule has 2 fully saturated rings. The number of hydrogen-bond acceptors (Lipinski definition) is 0. The lowest BCUT2D eigenvalue weighted by Gasteiger charge is -2.42. The summed E-state index contributed by atoms with van der Waals surface area (Å²) in [5.41, 5.74) is 2.11. The first-order valence-corrected chi connectivity index (χ1v) is 7.35. The number of fused-ring (bicyclic) bond motifs is 1. The molecule has 1 heterocycles. The van der Waals surface area contributed by atoms with E-state index in [2.05, 4.69) is 43.0 Å². The van der Waals surface area contributed by atoms with E-state index in [4.69, 9.17) is 0 Å². The van der Waals surface area contributed by atoms with Gasteiger partial charge in [0.15, 0.2) is 0 Å². The fraction of sp³-hybridized carbons (Fsp3) is 0.529. The number of nitrogens with one attached hydrogen (secondary N) is 1. The first-order valence-electron chi connectivity index (χ1n) is 7.35. The van der Waals surface area contributed by atoms with Crippen molar-refractivity contribution in [3.63, 3.8) is 0 Å². The Hall–Kier alpha value is -0.600. The Morgan fingerprint density at radius 2 is 2.05 bits per heavy atom. The minimum atomic E-state index is 0. The van der Waals surface area contributed by atoms with Gasteiger partial charge in [-0.25, -0.2) is 0 Å². The van der Waals surface area contributed by atoms with Gasteiger partial charge in [0.2, 0.25) is 0 Å². The fourth-order valence-corrected chi connectivity index (χ4v) is 4.31. The molecule has 0 amide bonds. The summed E-state index contributed by atoms with van der Waals surface area (Å²) in [6, 6.07) is 11.3. The molecule has 0 radical (unpaired) electrons. The zero-order valence-corrected chi connectivity index (χ0v) is 13.2. The second-order valence-electron chi connectivity index (χ2n) is 6.06. The van der Waals surface area contributed by atoms with Crippen molar-refractivity contribution >= 4 is 0 Å². The number of hydrogen-bond donors (Lipinski definition) is 1. The van der Waals surface area contributed by atoms with Gasteiger partial charge >= 0.3 is 0 Å². The summed E-state index contributed by atoms with van der Waals surface area (Å²) in [7, 11) is 0. The molecule has 1 aliphatic carbocycles. The average Bonchev–Trinajstić information content (AvgIpc) is 2.84. The van der Waals surface area contributed by atoms with E-state index in [9.17, 15) is 0 Å². The molecular formula is C17H24BrN. The molecule has 1 saturated heterocycles. The summed E-state index contributed by atoms with van der Waals surface area (Å²) < 4.78 is 0. The lowest BCUT2D eigenvalue weighted by Crippen LogP contribution is -3.14. The molecule has 2 aliphatic rings. The van der Waals surface area contributed by atoms with Gasteiger partial charge in [-0.15, -0.1) is 0 Å². The molecule has 2 heteroatoms. The maximum atomic E-state index is 3.89. The van der Waals surface area contributed by atoms with Crippen LogP contribution < -0.4 is 21.9 Å². The highest BCUT2D eigenvalue weighted by Crippen LogP contribution is 2.48. The summed E-state index contributed by atoms with van der Waals surface area (Å²) in [6.07, 6.45) is 7.70. The van der Waals surface area contributed by atoms with E-state index < -0.39 is 0 Å². The molecule has 1 nitrogen and oxygen atoms in total. The maximum absolute atomic E-state index is 3.89. The second kappa shape index (κ2) is 6.23. The van der Waals surface area contributed by atoms with Crippen molar-refractivity contribution in [1.29, 1.82) is 0 Å². The van der Waals surface area contributed by atoms with Crippen LogP contribution in [0.1, 0.15) is 31.2 Å². The van der Waals surface area contributed by atoms with Crippen molar-refractivity contribution < 1.29 is 21.9 Å². The molecule has 104 valence electrons. The molecule has 0 spiro atoms. The number of quaternary nitrogens is 1. The van der Waals surface area contributed by atoms with Gasteiger partial charge in [-0.1, -0.05) is 43.3 Å². The van der Waals surface area contributed by atoms with Crippen LogP contribution in [0.5, 0.6) is 0 Å². The van der Waals surface area contributed by atoms with Gasteiger partial charge in [0, 0.05) is 17.8 Å². The first-order chi connectivity index (χ1) is 8.85. The van der Waals surface area contributed by atoms with Crippen LogP contribution in [0.25, 0.3) is 0 Å². The fourth-order valence-electron chi connectivity index (χ4n) is 4.31. The third kappa shape index (κ3) is 2.66. The summed E-state index contributed by atoms with van der Waals surface area (Å²) >= 11 is 0. The van der Waals surface area contributed by atoms with Crippen LogP contribution in [0.15, 0.2) is 43.0 Å². The van der Waals surface area contributed by atoms with Gasteiger partial charge in [-0.3, -0.25) is 0 Å². The van der Waals surface area contributed by atoms with E-state index in [1.54, 1.807) is 10.5 Å². The molecule has 1 aliphatic heterocycles. The SMILES string of the molecule is C=CC[NH+]1CCC2(c3ccccc3)CCCC2C1.[Br-]. The van der Waals surface area contributed by atoms with Crippen molar-refractivity contribution in [3.8, 4) is 0 Å². The van der Waals surface area contributed by atoms with Crippen LogP contribution in [0.4, 0.5) is 0 Å². The van der Waals surface area contributed by atoms with E-state index in [1.807, 2.05) is 0 Å². The highest BCUT2D eigenvalue weighted by atomic mass is 79.9. The zero-order valence-electron chi connectivity index (χ0n) is 11.6. The highest BCUT2D eigenvalue weighted by molar-refractivity contribution is 5.28. The third-order valence-corrected chi connectivity index (χ3v) is 5.20. The molecule has 3 atom stereocenters. The molecule has 1 saturated carbocycles. The molecular weight excluding hydrogens is 298 g/mol. The van der Waals surface area contributed by atoms with Crippen LogP contribution >= 0.6 is 0 Å². The first kappa shape index (κ1) is 14.8. The Morgan fingerprint density at radius 1 is 1.26 bits per heavy atom. The average molecular weight is 322 g/mol. The van der Waals surface area contributed by atoms with Crippen LogP contribution in [0.2, 0.25) is 0 Å². The third-order valence-electron chi connectivity index (χ3n) is 5.20. The number of likely N-dealkylation sites (tertiary alicyclic amines) is 1. The molecule has 1 N–H and O–H groups in total. The molecule has 0 aromatic heterocycles. The van der Waals surface area contributed by atoms with E-state index in [-0.39, 0.29) is 17.0 Å². The Kier molecular flexibility index (Phi) is 4.86. The minimum Gasteiger partial charge on any atom is -1.00 e. The van der Waals surface area contributed by atoms with Crippen LogP contribution in [-0.4, -0.2) is 19.6 Å². The topological polar surface area (TPSA) is 4.44 Å². The van der Waals surface area contributed by atoms with Crippen molar-refractivity contribution in [2.45, 2.75) is 31.1 Å². The van der Waals surface area contributed by atoms with Crippen molar-refractivity contribution in [3.05, 3.63) is 48.6 Å². The largest absolute Gasteiger partial charge is 1.00 e. The van der Waals surface area contributed by atoms with Gasteiger partial charge in [-0.05, 0) is 24.5 Å². The predicted molar refractivity (Wildman–Crippen MR) is 75.8 cm³/mol. The number of halogens is 1. The summed E-state index contributed by atoms with van der Waals surface area (Å²) in [6.45, 7) is 7.70. The van der Waals surface area contributed by atoms with Crippen molar-refractivity contribution in [1.82, 2.24) is 0 Å². The minimum absolute atomic E-state index is 0. The monoisotopic (exact) mass is 321 g/mol. The Bertz CT molecular complexity index is 417. The quantitative estimate of drug-likeness (QED) is 0.696. The van der Waals surface area contributed by atoms with Gasteiger partial charge in [0.05, 0.1) is 19.6 Å². The van der Waals surface area contributed by atoms with Crippen LogP contribution in [0.3, 0.4) is 0 Å². The lowest BCUT2D eigenvalue weighted by atomic mass is 9.68. The van der Waals surface area contributed by atoms with E-state index in [0.29, 0.717) is 5.41 Å². The number of benzene rings is 1. The van der Waals surface area contributed by atoms with Gasteiger partial charge in [-0.2, -0.15) is 0 Å². The Balaban J connectivity index is 0.00000133. The normalized spacial score (nSPS) is 33.3. The molecule has 1 aromatic carbocycles. The predicted octanol–water partition coefficient (Wildman–Crippen LogP) is -0.797. The Labute approximate surface area is 127 Å². The second-order valence-corrected chi connectivity index (χ2v) is 6.06. The molecule has 1 aromatic rings. The summed E-state index contributed by atoms with van der Waals surface area (Å²) in [4.78, 5) is 1.74. The smallest absolute Gasteiger partial charge is 0.0955 e. The van der Waals surface area contributed by atoms with Crippen LogP contribution in [-0.2, 0) is 5.41 Å². The van der Waals surface area contributed by atoms with Gasteiger partial charge in [0.1, 0.15) is 0 Å².